The smallest absolute Gasteiger partial charge is 0.416 e. The van der Waals surface area contributed by atoms with E-state index in [1.165, 1.54) is 41.0 Å². The third-order valence-corrected chi connectivity index (χ3v) is 5.18. The first-order valence-electron chi connectivity index (χ1n) is 10.1. The van der Waals surface area contributed by atoms with Crippen LogP contribution in [0.5, 0.6) is 5.75 Å². The van der Waals surface area contributed by atoms with E-state index in [1.807, 2.05) is 0 Å². The van der Waals surface area contributed by atoms with Crippen molar-refractivity contribution in [2.24, 2.45) is 0 Å². The molecule has 0 fully saturated rings. The van der Waals surface area contributed by atoms with Crippen LogP contribution in [0.15, 0.2) is 72.8 Å². The van der Waals surface area contributed by atoms with Crippen LogP contribution in [0.4, 0.5) is 17.6 Å². The van der Waals surface area contributed by atoms with Crippen molar-refractivity contribution < 1.29 is 32.2 Å². The molecular formula is C25H18F4N2O3. The van der Waals surface area contributed by atoms with E-state index in [0.717, 1.165) is 12.1 Å². The maximum absolute atomic E-state index is 14.0. The summed E-state index contributed by atoms with van der Waals surface area (Å²) >= 11 is 0. The summed E-state index contributed by atoms with van der Waals surface area (Å²) in [6.45, 7) is 1.52. The predicted octanol–water partition coefficient (Wildman–Crippen LogP) is 6.28. The predicted molar refractivity (Wildman–Crippen MR) is 116 cm³/mol. The lowest BCUT2D eigenvalue weighted by Crippen LogP contribution is -2.09. The number of pyridine rings is 1. The molecule has 0 saturated heterocycles. The summed E-state index contributed by atoms with van der Waals surface area (Å²) in [6, 6.07) is 16.6. The number of hydrogen-bond acceptors (Lipinski definition) is 3. The van der Waals surface area contributed by atoms with Crippen LogP contribution < -0.4 is 4.74 Å². The highest BCUT2D eigenvalue weighted by atomic mass is 19.4. The molecule has 0 bridgehead atoms. The lowest BCUT2D eigenvalue weighted by atomic mass is 10.1. The van der Waals surface area contributed by atoms with Crippen molar-refractivity contribution in [2.45, 2.75) is 19.7 Å². The molecule has 0 radical (unpaired) electrons. The van der Waals surface area contributed by atoms with Gasteiger partial charge in [-0.2, -0.15) is 13.2 Å². The Bertz CT molecular complexity index is 1360. The van der Waals surface area contributed by atoms with E-state index in [1.54, 1.807) is 31.2 Å². The van der Waals surface area contributed by atoms with Crippen molar-refractivity contribution in [1.29, 1.82) is 0 Å². The molecule has 0 aliphatic rings. The average molecular weight is 470 g/mol. The van der Waals surface area contributed by atoms with Crippen molar-refractivity contribution in [3.63, 3.8) is 0 Å². The van der Waals surface area contributed by atoms with Crippen LogP contribution in [-0.4, -0.2) is 20.6 Å². The normalized spacial score (nSPS) is 11.4. The third-order valence-electron chi connectivity index (χ3n) is 5.18. The van der Waals surface area contributed by atoms with Gasteiger partial charge in [0.05, 0.1) is 11.3 Å². The van der Waals surface area contributed by atoms with Crippen LogP contribution >= 0.6 is 0 Å². The first-order valence-corrected chi connectivity index (χ1v) is 10.1. The number of carboxylic acid groups (broad SMARTS) is 1. The van der Waals surface area contributed by atoms with Gasteiger partial charge < -0.3 is 9.84 Å². The minimum atomic E-state index is -4.60. The standard InChI is InChI=1S/C25H18F4N2O3/c1-15-9-11-21(31(15)23-8-4-7-20(30-23)24(32)33)18-13-17(25(27,28)29)10-12-22(18)34-14-16-5-2-3-6-19(16)26/h2-13H,14H2,1H3,(H,32,33). The van der Waals surface area contributed by atoms with Gasteiger partial charge >= 0.3 is 12.1 Å². The van der Waals surface area contributed by atoms with Gasteiger partial charge in [0, 0.05) is 16.8 Å². The molecule has 2 aromatic carbocycles. The van der Waals surface area contributed by atoms with Gasteiger partial charge in [-0.15, -0.1) is 0 Å². The van der Waals surface area contributed by atoms with Gasteiger partial charge in [-0.3, -0.25) is 4.57 Å². The number of carboxylic acids is 1. The number of nitrogens with zero attached hydrogens (tertiary/aromatic N) is 2. The zero-order valence-electron chi connectivity index (χ0n) is 17.8. The fraction of sp³-hybridized carbons (Fsp3) is 0.120. The van der Waals surface area contributed by atoms with Crippen molar-refractivity contribution in [2.75, 3.05) is 0 Å². The average Bonchev–Trinajstić information content (AvgIpc) is 3.19. The molecule has 5 nitrogen and oxygen atoms in total. The van der Waals surface area contributed by atoms with E-state index in [2.05, 4.69) is 4.98 Å². The van der Waals surface area contributed by atoms with Gasteiger partial charge in [-0.1, -0.05) is 24.3 Å². The van der Waals surface area contributed by atoms with Crippen LogP contribution in [0, 0.1) is 12.7 Å². The first-order chi connectivity index (χ1) is 16.1. The summed E-state index contributed by atoms with van der Waals surface area (Å²) < 4.78 is 61.9. The summed E-state index contributed by atoms with van der Waals surface area (Å²) in [5.74, 6) is -1.41. The number of halogens is 4. The Hall–Kier alpha value is -4.14. The Kier molecular flexibility index (Phi) is 6.10. The summed E-state index contributed by atoms with van der Waals surface area (Å²) in [7, 11) is 0. The van der Waals surface area contributed by atoms with Crippen molar-refractivity contribution in [1.82, 2.24) is 9.55 Å². The molecular weight excluding hydrogens is 452 g/mol. The molecule has 4 aromatic rings. The molecule has 0 aliphatic heterocycles. The second kappa shape index (κ2) is 9.01. The first kappa shape index (κ1) is 23.0. The number of hydrogen-bond donors (Lipinski definition) is 1. The van der Waals surface area contributed by atoms with E-state index in [4.69, 9.17) is 4.74 Å². The molecule has 174 valence electrons. The second-order valence-electron chi connectivity index (χ2n) is 7.47. The highest BCUT2D eigenvalue weighted by Crippen LogP contribution is 2.39. The SMILES string of the molecule is Cc1ccc(-c2cc(C(F)(F)F)ccc2OCc2ccccc2F)n1-c1cccc(C(=O)O)n1. The Balaban J connectivity index is 1.84. The highest BCUT2D eigenvalue weighted by molar-refractivity contribution is 5.85. The maximum Gasteiger partial charge on any atom is 0.416 e. The molecule has 0 spiro atoms. The zero-order chi connectivity index (χ0) is 24.5. The second-order valence-corrected chi connectivity index (χ2v) is 7.47. The molecule has 0 atom stereocenters. The van der Waals surface area contributed by atoms with Crippen molar-refractivity contribution in [3.05, 3.63) is 101 Å². The van der Waals surface area contributed by atoms with Gasteiger partial charge in [-0.25, -0.2) is 14.2 Å². The Morgan fingerprint density at radius 2 is 1.79 bits per heavy atom. The van der Waals surface area contributed by atoms with Crippen LogP contribution in [-0.2, 0) is 12.8 Å². The number of rotatable bonds is 6. The quantitative estimate of drug-likeness (QED) is 0.337. The lowest BCUT2D eigenvalue weighted by Gasteiger charge is -2.17. The minimum Gasteiger partial charge on any atom is -0.488 e. The third kappa shape index (κ3) is 4.63. The summed E-state index contributed by atoms with van der Waals surface area (Å²) in [4.78, 5) is 15.5. The highest BCUT2D eigenvalue weighted by Gasteiger charge is 2.32. The zero-order valence-corrected chi connectivity index (χ0v) is 17.8. The molecule has 4 rings (SSSR count). The van der Waals surface area contributed by atoms with E-state index in [-0.39, 0.29) is 35.0 Å². The van der Waals surface area contributed by atoms with Gasteiger partial charge in [0.1, 0.15) is 24.0 Å². The minimum absolute atomic E-state index is 0.0989. The topological polar surface area (TPSA) is 64.3 Å². The van der Waals surface area contributed by atoms with E-state index in [9.17, 15) is 27.5 Å². The maximum atomic E-state index is 14.0. The monoisotopic (exact) mass is 470 g/mol. The number of alkyl halides is 3. The number of aromatic nitrogens is 2. The van der Waals surface area contributed by atoms with Crippen molar-refractivity contribution >= 4 is 5.97 Å². The molecule has 0 saturated carbocycles. The van der Waals surface area contributed by atoms with E-state index >= 15 is 0 Å². The van der Waals surface area contributed by atoms with Gasteiger partial charge in [0.25, 0.3) is 0 Å². The summed E-state index contributed by atoms with van der Waals surface area (Å²) in [5.41, 5.74) is 0.164. The van der Waals surface area contributed by atoms with Crippen LogP contribution in [0.1, 0.15) is 27.3 Å². The fourth-order valence-electron chi connectivity index (χ4n) is 3.52. The van der Waals surface area contributed by atoms with Crippen LogP contribution in [0.2, 0.25) is 0 Å². The molecule has 9 heteroatoms. The van der Waals surface area contributed by atoms with Gasteiger partial charge in [0.2, 0.25) is 0 Å². The number of ether oxygens (including phenoxy) is 1. The lowest BCUT2D eigenvalue weighted by molar-refractivity contribution is -0.137. The molecule has 2 heterocycles. The molecule has 0 aliphatic carbocycles. The molecule has 0 unspecified atom stereocenters. The van der Waals surface area contributed by atoms with Gasteiger partial charge in [-0.05, 0) is 55.5 Å². The van der Waals surface area contributed by atoms with E-state index < -0.39 is 23.5 Å². The van der Waals surface area contributed by atoms with Crippen LogP contribution in [0.25, 0.3) is 17.1 Å². The van der Waals surface area contributed by atoms with Crippen molar-refractivity contribution in [3.8, 4) is 22.8 Å². The largest absolute Gasteiger partial charge is 0.488 e. The molecule has 0 amide bonds. The number of aromatic carboxylic acids is 1. The number of carbonyl (C=O) groups is 1. The summed E-state index contributed by atoms with van der Waals surface area (Å²) in [5, 5.41) is 9.29. The Morgan fingerprint density at radius 1 is 1.03 bits per heavy atom. The van der Waals surface area contributed by atoms with Gasteiger partial charge in [0.15, 0.2) is 5.69 Å². The van der Waals surface area contributed by atoms with Crippen LogP contribution in [0.3, 0.4) is 0 Å². The van der Waals surface area contributed by atoms with E-state index in [0.29, 0.717) is 11.4 Å². The molecule has 1 N–H and O–H groups in total. The molecule has 2 aromatic heterocycles. The Labute approximate surface area is 191 Å². The number of benzene rings is 2. The Morgan fingerprint density at radius 3 is 2.50 bits per heavy atom. The molecule has 34 heavy (non-hydrogen) atoms. The fourth-order valence-corrected chi connectivity index (χ4v) is 3.52. The summed E-state index contributed by atoms with van der Waals surface area (Å²) in [6.07, 6.45) is -4.60. The number of aryl methyl sites for hydroxylation is 1.